The molecule has 0 aliphatic carbocycles. The summed E-state index contributed by atoms with van der Waals surface area (Å²) < 4.78 is 6.41. The second-order valence-corrected chi connectivity index (χ2v) is 10.6. The van der Waals surface area contributed by atoms with Crippen LogP contribution >= 0.6 is 15.9 Å². The second-order valence-electron chi connectivity index (χ2n) is 7.46. The number of benzene rings is 1. The van der Waals surface area contributed by atoms with Gasteiger partial charge in [-0.05, 0) is 54.8 Å². The molecule has 0 amide bonds. The first kappa shape index (κ1) is 19.9. The summed E-state index contributed by atoms with van der Waals surface area (Å²) in [5.41, 5.74) is 3.03. The zero-order valence-corrected chi connectivity index (χ0v) is 17.9. The van der Waals surface area contributed by atoms with Crippen LogP contribution < -0.4 is 0 Å². The Hall–Kier alpha value is -0.123. The number of aryl methyl sites for hydroxylation is 1. The maximum Gasteiger partial charge on any atom is 0.171 e. The summed E-state index contributed by atoms with van der Waals surface area (Å²) in [6.07, 6.45) is 3.69. The van der Waals surface area contributed by atoms with E-state index < -0.39 is 9.04 Å². The van der Waals surface area contributed by atoms with E-state index in [0.717, 1.165) is 18.2 Å². The van der Waals surface area contributed by atoms with Crippen molar-refractivity contribution < 1.29 is 4.43 Å². The zero-order chi connectivity index (χ0) is 16.8. The predicted molar refractivity (Wildman–Crippen MR) is 105 cm³/mol. The van der Waals surface area contributed by atoms with Gasteiger partial charge in [0.05, 0.1) is 6.10 Å². The van der Waals surface area contributed by atoms with E-state index in [0.29, 0.717) is 12.0 Å². The molecular formula is C19H33BrOSi. The van der Waals surface area contributed by atoms with Crippen LogP contribution in [-0.4, -0.2) is 20.5 Å². The summed E-state index contributed by atoms with van der Waals surface area (Å²) in [6.45, 7) is 13.9. The first-order valence-electron chi connectivity index (χ1n) is 8.56. The molecule has 0 saturated heterocycles. The van der Waals surface area contributed by atoms with E-state index in [-0.39, 0.29) is 5.41 Å². The van der Waals surface area contributed by atoms with Gasteiger partial charge in [-0.2, -0.15) is 0 Å². The lowest BCUT2D eigenvalue weighted by Gasteiger charge is -2.39. The maximum atomic E-state index is 6.41. The van der Waals surface area contributed by atoms with E-state index in [2.05, 4.69) is 81.0 Å². The minimum atomic E-state index is -1.04. The molecule has 0 N–H and O–H groups in total. The van der Waals surface area contributed by atoms with E-state index in [9.17, 15) is 0 Å². The van der Waals surface area contributed by atoms with E-state index >= 15 is 0 Å². The van der Waals surface area contributed by atoms with Crippen molar-refractivity contribution in [3.8, 4) is 0 Å². The number of halogens is 1. The van der Waals surface area contributed by atoms with Crippen molar-refractivity contribution in [3.05, 3.63) is 35.4 Å². The Kier molecular flexibility index (Phi) is 8.37. The van der Waals surface area contributed by atoms with Gasteiger partial charge in [-0.3, -0.25) is 0 Å². The second kappa shape index (κ2) is 9.24. The Bertz CT molecular complexity index is 426. The average molecular weight is 385 g/mol. The lowest BCUT2D eigenvalue weighted by Crippen LogP contribution is -2.40. The molecule has 0 bridgehead atoms. The third-order valence-electron chi connectivity index (χ3n) is 4.80. The molecule has 0 aliphatic rings. The molecule has 1 aromatic rings. The highest BCUT2D eigenvalue weighted by Crippen LogP contribution is 2.34. The average Bonchev–Trinajstić information content (AvgIpc) is 2.45. The molecule has 0 heterocycles. The summed E-state index contributed by atoms with van der Waals surface area (Å²) in [4.78, 5) is 0. The van der Waals surface area contributed by atoms with E-state index in [1.807, 2.05) is 0 Å². The van der Waals surface area contributed by atoms with Gasteiger partial charge in [-0.1, -0.05) is 67.9 Å². The van der Waals surface area contributed by atoms with Crippen molar-refractivity contribution in [1.29, 1.82) is 0 Å². The highest BCUT2D eigenvalue weighted by atomic mass is 79.9. The van der Waals surface area contributed by atoms with Crippen LogP contribution in [0.5, 0.6) is 0 Å². The fraction of sp³-hybridized carbons (Fsp3) is 0.684. The van der Waals surface area contributed by atoms with Gasteiger partial charge in [0.25, 0.3) is 0 Å². The Morgan fingerprint density at radius 3 is 2.09 bits per heavy atom. The Morgan fingerprint density at radius 2 is 1.64 bits per heavy atom. The van der Waals surface area contributed by atoms with Crippen LogP contribution in [0, 0.1) is 11.3 Å². The van der Waals surface area contributed by atoms with Crippen LogP contribution in [0.25, 0.3) is 0 Å². The molecule has 1 rings (SSSR count). The Labute approximate surface area is 147 Å². The van der Waals surface area contributed by atoms with Gasteiger partial charge < -0.3 is 4.43 Å². The minimum absolute atomic E-state index is 0.200. The Balaban J connectivity index is 2.81. The lowest BCUT2D eigenvalue weighted by molar-refractivity contribution is 0.0368. The van der Waals surface area contributed by atoms with E-state index in [1.54, 1.807) is 0 Å². The number of alkyl halides is 1. The van der Waals surface area contributed by atoms with Gasteiger partial charge in [0.1, 0.15) is 0 Å². The molecule has 1 nitrogen and oxygen atoms in total. The first-order valence-corrected chi connectivity index (χ1v) is 12.5. The predicted octanol–water partition coefficient (Wildman–Crippen LogP) is 5.61. The molecule has 1 unspecified atom stereocenters. The van der Waals surface area contributed by atoms with Crippen LogP contribution in [0.1, 0.15) is 45.2 Å². The summed E-state index contributed by atoms with van der Waals surface area (Å²) >= 11 is 3.50. The fourth-order valence-electron chi connectivity index (χ4n) is 2.51. The zero-order valence-electron chi connectivity index (χ0n) is 15.2. The standard InChI is InChI=1S/C19H33BrOSi/c1-15(2)19(3,4)18(21-22(5)6)14-17-11-9-16(10-12-17)8-7-13-20/h9-12,15,18,22H,7-8,13-14H2,1-6H3. The van der Waals surface area contributed by atoms with Crippen LogP contribution in [0.3, 0.4) is 0 Å². The molecule has 0 aromatic heterocycles. The van der Waals surface area contributed by atoms with Crippen LogP contribution in [0.15, 0.2) is 24.3 Å². The highest BCUT2D eigenvalue weighted by Gasteiger charge is 2.33. The molecule has 0 fully saturated rings. The molecule has 0 saturated carbocycles. The molecule has 126 valence electrons. The number of rotatable bonds is 9. The molecular weight excluding hydrogens is 352 g/mol. The number of hydrogen-bond acceptors (Lipinski definition) is 1. The quantitative estimate of drug-likeness (QED) is 0.397. The summed E-state index contributed by atoms with van der Waals surface area (Å²) in [6, 6.07) is 9.14. The molecule has 0 aliphatic heterocycles. The van der Waals surface area contributed by atoms with E-state index in [1.165, 1.54) is 17.5 Å². The molecule has 1 aromatic carbocycles. The van der Waals surface area contributed by atoms with Crippen molar-refractivity contribution in [1.82, 2.24) is 0 Å². The van der Waals surface area contributed by atoms with Gasteiger partial charge in [-0.15, -0.1) is 0 Å². The topological polar surface area (TPSA) is 9.23 Å². The van der Waals surface area contributed by atoms with E-state index in [4.69, 9.17) is 4.43 Å². The summed E-state index contributed by atoms with van der Waals surface area (Å²) in [5.74, 6) is 0.614. The maximum absolute atomic E-state index is 6.41. The number of hydrogen-bond donors (Lipinski definition) is 0. The monoisotopic (exact) mass is 384 g/mol. The first-order chi connectivity index (χ1) is 10.3. The molecule has 3 heteroatoms. The third-order valence-corrected chi connectivity index (χ3v) is 6.23. The van der Waals surface area contributed by atoms with Gasteiger partial charge >= 0.3 is 0 Å². The van der Waals surface area contributed by atoms with Crippen LogP contribution in [0.4, 0.5) is 0 Å². The molecule has 1 atom stereocenters. The van der Waals surface area contributed by atoms with Gasteiger partial charge in [-0.25, -0.2) is 0 Å². The van der Waals surface area contributed by atoms with Crippen molar-refractivity contribution >= 4 is 25.0 Å². The minimum Gasteiger partial charge on any atom is -0.417 e. The van der Waals surface area contributed by atoms with Crippen LogP contribution in [-0.2, 0) is 17.3 Å². The van der Waals surface area contributed by atoms with Gasteiger partial charge in [0.2, 0.25) is 0 Å². The van der Waals surface area contributed by atoms with Crippen LogP contribution in [0.2, 0.25) is 13.1 Å². The lowest BCUT2D eigenvalue weighted by atomic mass is 9.74. The van der Waals surface area contributed by atoms with Crippen molar-refractivity contribution in [2.45, 2.75) is 66.2 Å². The third kappa shape index (κ3) is 6.17. The molecule has 0 radical (unpaired) electrons. The van der Waals surface area contributed by atoms with Gasteiger partial charge in [0.15, 0.2) is 9.04 Å². The normalized spacial score (nSPS) is 13.9. The van der Waals surface area contributed by atoms with Crippen molar-refractivity contribution in [3.63, 3.8) is 0 Å². The molecule has 22 heavy (non-hydrogen) atoms. The smallest absolute Gasteiger partial charge is 0.171 e. The Morgan fingerprint density at radius 1 is 1.09 bits per heavy atom. The summed E-state index contributed by atoms with van der Waals surface area (Å²) in [7, 11) is -1.04. The highest BCUT2D eigenvalue weighted by molar-refractivity contribution is 9.09. The SMILES string of the molecule is CC(C)C(C)(C)C(Cc1ccc(CCCBr)cc1)O[SiH](C)C. The van der Waals surface area contributed by atoms with Gasteiger partial charge in [0, 0.05) is 5.33 Å². The fourth-order valence-corrected chi connectivity index (χ4v) is 3.90. The van der Waals surface area contributed by atoms with Crippen molar-refractivity contribution in [2.75, 3.05) is 5.33 Å². The summed E-state index contributed by atoms with van der Waals surface area (Å²) in [5, 5.41) is 1.08. The molecule has 0 spiro atoms. The largest absolute Gasteiger partial charge is 0.417 e. The van der Waals surface area contributed by atoms with Crippen molar-refractivity contribution in [2.24, 2.45) is 11.3 Å².